The molecule has 0 amide bonds. The maximum atomic E-state index is 6.02. The van der Waals surface area contributed by atoms with Gasteiger partial charge in [-0.25, -0.2) is 4.98 Å². The molecule has 0 radical (unpaired) electrons. The van der Waals surface area contributed by atoms with Gasteiger partial charge in [0.25, 0.3) is 5.89 Å². The van der Waals surface area contributed by atoms with Gasteiger partial charge in [0.2, 0.25) is 5.88 Å². The third-order valence-corrected chi connectivity index (χ3v) is 5.29. The summed E-state index contributed by atoms with van der Waals surface area (Å²) >= 11 is 6.02. The monoisotopic (exact) mass is 363 g/mol. The van der Waals surface area contributed by atoms with Gasteiger partial charge in [-0.15, -0.1) is 0 Å². The third-order valence-electron chi connectivity index (χ3n) is 5.10. The average Bonchev–Trinajstić information content (AvgIpc) is 3.12. The van der Waals surface area contributed by atoms with E-state index in [0.29, 0.717) is 22.8 Å². The van der Waals surface area contributed by atoms with Crippen molar-refractivity contribution in [3.8, 4) is 17.3 Å². The van der Waals surface area contributed by atoms with Gasteiger partial charge in [0.1, 0.15) is 5.15 Å². The first-order valence-electron chi connectivity index (χ1n) is 9.25. The zero-order valence-corrected chi connectivity index (χ0v) is 15.8. The molecule has 1 fully saturated rings. The minimum Gasteiger partial charge on any atom is -0.481 e. The van der Waals surface area contributed by atoms with Crippen molar-refractivity contribution in [1.29, 1.82) is 0 Å². The molecule has 2 aromatic heterocycles. The second-order valence-corrected chi connectivity index (χ2v) is 7.28. The van der Waals surface area contributed by atoms with Crippen molar-refractivity contribution < 1.29 is 9.26 Å². The predicted octanol–water partition coefficient (Wildman–Crippen LogP) is 5.65. The van der Waals surface area contributed by atoms with Gasteiger partial charge < -0.3 is 9.26 Å². The Morgan fingerprint density at radius 2 is 1.96 bits per heavy atom. The lowest BCUT2D eigenvalue weighted by molar-refractivity contribution is 0.292. The topological polar surface area (TPSA) is 61.0 Å². The Bertz CT molecular complexity index is 681. The lowest BCUT2D eigenvalue weighted by atomic mass is 9.79. The largest absolute Gasteiger partial charge is 0.481 e. The minimum atomic E-state index is 0.349. The second-order valence-electron chi connectivity index (χ2n) is 6.89. The van der Waals surface area contributed by atoms with Gasteiger partial charge in [-0.1, -0.05) is 49.4 Å². The fraction of sp³-hybridized carbons (Fsp3) is 0.632. The van der Waals surface area contributed by atoms with Crippen LogP contribution in [0.5, 0.6) is 5.88 Å². The first kappa shape index (κ1) is 18.2. The van der Waals surface area contributed by atoms with E-state index < -0.39 is 0 Å². The summed E-state index contributed by atoms with van der Waals surface area (Å²) in [5.41, 5.74) is 0.740. The molecule has 0 saturated heterocycles. The Balaban J connectivity index is 1.62. The van der Waals surface area contributed by atoms with Crippen LogP contribution in [0, 0.1) is 5.92 Å². The van der Waals surface area contributed by atoms with Crippen molar-refractivity contribution >= 4 is 11.6 Å². The Labute approximate surface area is 154 Å². The molecule has 5 nitrogen and oxygen atoms in total. The van der Waals surface area contributed by atoms with Gasteiger partial charge in [0.15, 0.2) is 5.82 Å². The minimum absolute atomic E-state index is 0.349. The molecule has 136 valence electrons. The van der Waals surface area contributed by atoms with Gasteiger partial charge >= 0.3 is 0 Å². The molecule has 0 N–H and O–H groups in total. The van der Waals surface area contributed by atoms with Crippen LogP contribution in [0.3, 0.4) is 0 Å². The number of halogens is 1. The molecular weight excluding hydrogens is 338 g/mol. The highest BCUT2D eigenvalue weighted by atomic mass is 35.5. The van der Waals surface area contributed by atoms with E-state index in [9.17, 15) is 0 Å². The van der Waals surface area contributed by atoms with E-state index in [1.807, 2.05) is 0 Å². The molecule has 0 unspecified atom stereocenters. The Morgan fingerprint density at radius 1 is 1.16 bits per heavy atom. The zero-order valence-electron chi connectivity index (χ0n) is 15.0. The lowest BCUT2D eigenvalue weighted by Crippen LogP contribution is -2.14. The van der Waals surface area contributed by atoms with Crippen molar-refractivity contribution in [2.24, 2.45) is 5.92 Å². The van der Waals surface area contributed by atoms with Crippen LogP contribution in [0.2, 0.25) is 5.15 Å². The van der Waals surface area contributed by atoms with Crippen molar-refractivity contribution in [3.63, 3.8) is 0 Å². The second kappa shape index (κ2) is 8.65. The van der Waals surface area contributed by atoms with Crippen molar-refractivity contribution in [2.75, 3.05) is 7.11 Å². The first-order chi connectivity index (χ1) is 12.2. The molecular formula is C19H26ClN3O2. The number of aromatic nitrogens is 3. The molecule has 0 bridgehead atoms. The van der Waals surface area contributed by atoms with E-state index in [0.717, 1.165) is 30.1 Å². The summed E-state index contributed by atoms with van der Waals surface area (Å²) in [5, 5.41) is 4.56. The molecule has 1 aliphatic rings. The van der Waals surface area contributed by atoms with Gasteiger partial charge in [-0.2, -0.15) is 4.98 Å². The Kier molecular flexibility index (Phi) is 6.29. The maximum Gasteiger partial charge on any atom is 0.258 e. The van der Waals surface area contributed by atoms with Crippen molar-refractivity contribution in [1.82, 2.24) is 15.1 Å². The molecule has 0 aliphatic heterocycles. The number of hydrogen-bond acceptors (Lipinski definition) is 5. The summed E-state index contributed by atoms with van der Waals surface area (Å²) in [6, 6.07) is 3.47. The van der Waals surface area contributed by atoms with Gasteiger partial charge in [-0.05, 0) is 37.7 Å². The number of hydrogen-bond donors (Lipinski definition) is 0. The van der Waals surface area contributed by atoms with Crippen LogP contribution in [0.4, 0.5) is 0 Å². The van der Waals surface area contributed by atoms with Gasteiger partial charge in [-0.3, -0.25) is 0 Å². The van der Waals surface area contributed by atoms with Crippen LogP contribution in [-0.4, -0.2) is 22.2 Å². The summed E-state index contributed by atoms with van der Waals surface area (Å²) in [4.78, 5) is 8.67. The predicted molar refractivity (Wildman–Crippen MR) is 97.9 cm³/mol. The average molecular weight is 364 g/mol. The number of unbranched alkanes of at least 4 members (excludes halogenated alkanes) is 2. The number of nitrogens with zero attached hydrogens (tertiary/aromatic N) is 3. The van der Waals surface area contributed by atoms with Crippen molar-refractivity contribution in [3.05, 3.63) is 23.1 Å². The fourth-order valence-electron chi connectivity index (χ4n) is 3.61. The molecule has 2 heterocycles. The normalized spacial score (nSPS) is 20.6. The molecule has 0 spiro atoms. The molecule has 1 saturated carbocycles. The van der Waals surface area contributed by atoms with Crippen molar-refractivity contribution in [2.45, 2.75) is 64.2 Å². The van der Waals surface area contributed by atoms with E-state index in [4.69, 9.17) is 20.9 Å². The maximum absolute atomic E-state index is 6.02. The molecule has 0 atom stereocenters. The van der Waals surface area contributed by atoms with E-state index in [1.165, 1.54) is 38.5 Å². The van der Waals surface area contributed by atoms with E-state index in [1.54, 1.807) is 19.2 Å². The first-order valence-corrected chi connectivity index (χ1v) is 9.63. The molecule has 25 heavy (non-hydrogen) atoms. The summed E-state index contributed by atoms with van der Waals surface area (Å²) < 4.78 is 10.6. The van der Waals surface area contributed by atoms with E-state index >= 15 is 0 Å². The highest BCUT2D eigenvalue weighted by molar-refractivity contribution is 6.29. The fourth-order valence-corrected chi connectivity index (χ4v) is 3.81. The summed E-state index contributed by atoms with van der Waals surface area (Å²) in [7, 11) is 1.56. The molecule has 0 aromatic carbocycles. The van der Waals surface area contributed by atoms with E-state index in [-0.39, 0.29) is 0 Å². The standard InChI is InChI=1S/C19H26ClN3O2/c1-3-4-5-6-13-7-9-14(10-8-13)18-22-19(25-23-18)15-11-16(20)21-17(12-15)24-2/h11-14H,3-10H2,1-2H3/t13-,14-. The van der Waals surface area contributed by atoms with Gasteiger partial charge in [0, 0.05) is 17.5 Å². The molecule has 6 heteroatoms. The highest BCUT2D eigenvalue weighted by Gasteiger charge is 2.26. The Hall–Kier alpha value is -1.62. The molecule has 3 rings (SSSR count). The van der Waals surface area contributed by atoms with Crippen LogP contribution in [0.1, 0.15) is 70.0 Å². The van der Waals surface area contributed by atoms with E-state index in [2.05, 4.69) is 22.0 Å². The summed E-state index contributed by atoms with van der Waals surface area (Å²) in [5.74, 6) is 3.00. The van der Waals surface area contributed by atoms with Crippen LogP contribution in [0.25, 0.3) is 11.5 Å². The van der Waals surface area contributed by atoms with Gasteiger partial charge in [0.05, 0.1) is 7.11 Å². The summed E-state index contributed by atoms with van der Waals surface area (Å²) in [6.45, 7) is 2.26. The van der Waals surface area contributed by atoms with Crippen LogP contribution >= 0.6 is 11.6 Å². The highest BCUT2D eigenvalue weighted by Crippen LogP contribution is 2.37. The smallest absolute Gasteiger partial charge is 0.258 e. The number of methoxy groups -OCH3 is 1. The number of pyridine rings is 1. The molecule has 1 aliphatic carbocycles. The number of ether oxygens (including phenoxy) is 1. The van der Waals surface area contributed by atoms with Crippen LogP contribution < -0.4 is 4.74 Å². The van der Waals surface area contributed by atoms with Crippen LogP contribution in [0.15, 0.2) is 16.7 Å². The van der Waals surface area contributed by atoms with Crippen LogP contribution in [-0.2, 0) is 0 Å². The molecule has 2 aromatic rings. The Morgan fingerprint density at radius 3 is 2.68 bits per heavy atom. The number of rotatable bonds is 7. The zero-order chi connectivity index (χ0) is 17.6. The SMILES string of the molecule is CCCCC[C@H]1CC[C@H](c2noc(-c3cc(Cl)nc(OC)c3)n2)CC1. The quantitative estimate of drug-likeness (QED) is 0.470. The summed E-state index contributed by atoms with van der Waals surface area (Å²) in [6.07, 6.45) is 10.2. The third kappa shape index (κ3) is 4.72. The lowest BCUT2D eigenvalue weighted by Gasteiger charge is -2.26.